The van der Waals surface area contributed by atoms with E-state index in [-0.39, 0.29) is 23.0 Å². The molecule has 284 valence electrons. The first-order valence-electron chi connectivity index (χ1n) is 20.6. The lowest BCUT2D eigenvalue weighted by molar-refractivity contribution is 0.486. The zero-order chi connectivity index (χ0) is 40.0. The van der Waals surface area contributed by atoms with Gasteiger partial charge >= 0.3 is 0 Å². The molecule has 58 heavy (non-hydrogen) atoms. The standard InChI is InChI=1S/C53H47BN2O2/c1-51(2,3)32-17-20-43-38(26-32)39-27-34(53(7,8)9)29-41-49(39)56(43)44-23-31(25-47-48(44)54(41)40-28-33(52(4,5)6)18-21-45(40)57-47)30-16-19-35-36-13-12-14-37(42-15-10-11-22-55-42)50(36)58-46(35)24-30/h10-29H,1-9H3. The summed E-state index contributed by atoms with van der Waals surface area (Å²) in [7, 11) is 0. The minimum atomic E-state index is -0.0390. The molecule has 4 nitrogen and oxygen atoms in total. The van der Waals surface area contributed by atoms with E-state index >= 15 is 0 Å². The SMILES string of the molecule is CC(C)(C)c1ccc2c(c1)B1c3c(cc(-c4ccc5c(c4)oc4c(-c6ccccn6)cccc45)cc3-n3c4ccc(C(C)(C)C)cc4c4cc(C(C)(C)C)cc1c43)O2. The van der Waals surface area contributed by atoms with Crippen molar-refractivity contribution in [2.75, 3.05) is 0 Å². The summed E-state index contributed by atoms with van der Waals surface area (Å²) in [6.45, 7) is 20.8. The number of para-hydroxylation sites is 1. The Bertz CT molecular complexity index is 3200. The van der Waals surface area contributed by atoms with E-state index < -0.39 is 0 Å². The van der Waals surface area contributed by atoms with Crippen LogP contribution in [-0.4, -0.2) is 16.3 Å². The highest BCUT2D eigenvalue weighted by Gasteiger charge is 2.42. The van der Waals surface area contributed by atoms with Crippen LogP contribution >= 0.6 is 0 Å². The molecule has 9 aromatic rings. The van der Waals surface area contributed by atoms with Gasteiger partial charge in [-0.05, 0) is 127 Å². The van der Waals surface area contributed by atoms with Crippen LogP contribution in [0, 0.1) is 0 Å². The van der Waals surface area contributed by atoms with Crippen molar-refractivity contribution in [3.8, 4) is 39.6 Å². The Balaban J connectivity index is 1.21. The van der Waals surface area contributed by atoms with Crippen LogP contribution < -0.4 is 21.1 Å². The number of benzene rings is 6. The molecule has 0 atom stereocenters. The number of hydrogen-bond donors (Lipinski definition) is 0. The fraction of sp³-hybridized carbons (Fsp3) is 0.226. The highest BCUT2D eigenvalue weighted by Crippen LogP contribution is 2.44. The van der Waals surface area contributed by atoms with Gasteiger partial charge in [-0.25, -0.2) is 0 Å². The minimum Gasteiger partial charge on any atom is -0.458 e. The third kappa shape index (κ3) is 5.11. The predicted molar refractivity (Wildman–Crippen MR) is 244 cm³/mol. The van der Waals surface area contributed by atoms with Gasteiger partial charge in [-0.2, -0.15) is 0 Å². The van der Waals surface area contributed by atoms with Crippen LogP contribution in [0.2, 0.25) is 0 Å². The van der Waals surface area contributed by atoms with Gasteiger partial charge in [0.15, 0.2) is 0 Å². The lowest BCUT2D eigenvalue weighted by atomic mass is 9.34. The second-order valence-corrected chi connectivity index (χ2v) is 19.7. The summed E-state index contributed by atoms with van der Waals surface area (Å²) < 4.78 is 16.3. The van der Waals surface area contributed by atoms with Gasteiger partial charge in [0.25, 0.3) is 6.71 Å². The van der Waals surface area contributed by atoms with Crippen molar-refractivity contribution in [1.29, 1.82) is 0 Å². The zero-order valence-electron chi connectivity index (χ0n) is 34.8. The van der Waals surface area contributed by atoms with E-state index in [1.165, 1.54) is 60.6 Å². The fourth-order valence-corrected chi connectivity index (χ4v) is 9.52. The molecule has 5 heteroatoms. The monoisotopic (exact) mass is 754 g/mol. The van der Waals surface area contributed by atoms with Gasteiger partial charge in [0, 0.05) is 44.5 Å². The Morgan fingerprint density at radius 1 is 0.552 bits per heavy atom. The molecule has 0 bridgehead atoms. The number of pyridine rings is 1. The summed E-state index contributed by atoms with van der Waals surface area (Å²) in [6, 6.07) is 42.6. The molecule has 0 unspecified atom stereocenters. The summed E-state index contributed by atoms with van der Waals surface area (Å²) in [6.07, 6.45) is 1.83. The van der Waals surface area contributed by atoms with Gasteiger partial charge in [0.1, 0.15) is 22.7 Å². The van der Waals surface area contributed by atoms with Crippen molar-refractivity contribution in [3.63, 3.8) is 0 Å². The first-order chi connectivity index (χ1) is 27.6. The van der Waals surface area contributed by atoms with Crippen LogP contribution in [0.5, 0.6) is 11.5 Å². The quantitative estimate of drug-likeness (QED) is 0.165. The fourth-order valence-electron chi connectivity index (χ4n) is 9.52. The number of ether oxygens (including phenoxy) is 1. The number of furan rings is 1. The van der Waals surface area contributed by atoms with E-state index in [1.54, 1.807) is 0 Å². The number of aromatic nitrogens is 2. The topological polar surface area (TPSA) is 40.2 Å². The molecule has 3 aromatic heterocycles. The molecule has 0 saturated heterocycles. The summed E-state index contributed by atoms with van der Waals surface area (Å²) >= 11 is 0. The Labute approximate surface area is 340 Å². The van der Waals surface area contributed by atoms with Gasteiger partial charge in [0.05, 0.1) is 11.2 Å². The molecule has 6 aromatic carbocycles. The largest absolute Gasteiger partial charge is 0.458 e. The first-order valence-corrected chi connectivity index (χ1v) is 20.6. The third-order valence-corrected chi connectivity index (χ3v) is 12.8. The van der Waals surface area contributed by atoms with Gasteiger partial charge in [-0.1, -0.05) is 111 Å². The maximum absolute atomic E-state index is 7.07. The second kappa shape index (κ2) is 11.8. The van der Waals surface area contributed by atoms with Crippen LogP contribution in [0.3, 0.4) is 0 Å². The smallest absolute Gasteiger partial charge is 0.256 e. The van der Waals surface area contributed by atoms with E-state index in [9.17, 15) is 0 Å². The van der Waals surface area contributed by atoms with Crippen LogP contribution in [0.15, 0.2) is 126 Å². The molecule has 2 aliphatic heterocycles. The molecule has 0 aliphatic carbocycles. The Morgan fingerprint density at radius 2 is 1.29 bits per heavy atom. The highest BCUT2D eigenvalue weighted by atomic mass is 16.5. The number of hydrogen-bond acceptors (Lipinski definition) is 3. The van der Waals surface area contributed by atoms with Crippen LogP contribution in [0.4, 0.5) is 0 Å². The van der Waals surface area contributed by atoms with Crippen molar-refractivity contribution in [1.82, 2.24) is 9.55 Å². The lowest BCUT2D eigenvalue weighted by Crippen LogP contribution is -2.58. The Hall–Kier alpha value is -6.07. The maximum atomic E-state index is 7.07. The third-order valence-electron chi connectivity index (χ3n) is 12.8. The summed E-state index contributed by atoms with van der Waals surface area (Å²) in [5.74, 6) is 1.83. The molecule has 2 aliphatic rings. The number of fused-ring (bicyclic) bond motifs is 10. The van der Waals surface area contributed by atoms with Crippen molar-refractivity contribution in [2.45, 2.75) is 78.6 Å². The molecule has 5 heterocycles. The normalized spacial score (nSPS) is 13.7. The maximum Gasteiger partial charge on any atom is 0.256 e. The minimum absolute atomic E-state index is 0.00876. The van der Waals surface area contributed by atoms with E-state index in [4.69, 9.17) is 9.15 Å². The van der Waals surface area contributed by atoms with E-state index in [1.807, 2.05) is 24.4 Å². The molecule has 11 rings (SSSR count). The molecule has 0 saturated carbocycles. The average Bonchev–Trinajstić information content (AvgIpc) is 3.74. The summed E-state index contributed by atoms with van der Waals surface area (Å²) in [5.41, 5.74) is 17.2. The van der Waals surface area contributed by atoms with E-state index in [0.717, 1.165) is 55.8 Å². The highest BCUT2D eigenvalue weighted by molar-refractivity contribution is 6.99. The van der Waals surface area contributed by atoms with E-state index in [0.29, 0.717) is 0 Å². The second-order valence-electron chi connectivity index (χ2n) is 19.7. The van der Waals surface area contributed by atoms with E-state index in [2.05, 4.69) is 169 Å². The Morgan fingerprint density at radius 3 is 2.05 bits per heavy atom. The summed E-state index contributed by atoms with van der Waals surface area (Å²) in [5, 5.41) is 4.79. The van der Waals surface area contributed by atoms with Crippen molar-refractivity contribution in [3.05, 3.63) is 138 Å². The first kappa shape index (κ1) is 35.1. The molecule has 0 N–H and O–H groups in total. The Kier molecular flexibility index (Phi) is 7.12. The predicted octanol–water partition coefficient (Wildman–Crippen LogP) is 12.2. The van der Waals surface area contributed by atoms with Gasteiger partial charge in [-0.15, -0.1) is 0 Å². The summed E-state index contributed by atoms with van der Waals surface area (Å²) in [4.78, 5) is 4.64. The molecule has 0 spiro atoms. The van der Waals surface area contributed by atoms with Gasteiger partial charge in [-0.3, -0.25) is 4.98 Å². The molecule has 0 radical (unpaired) electrons. The van der Waals surface area contributed by atoms with Gasteiger partial charge < -0.3 is 13.7 Å². The molecular formula is C53H47BN2O2. The lowest BCUT2D eigenvalue weighted by Gasteiger charge is -2.35. The number of nitrogens with zero attached hydrogens (tertiary/aromatic N) is 2. The van der Waals surface area contributed by atoms with Crippen molar-refractivity contribution < 1.29 is 9.15 Å². The number of rotatable bonds is 2. The van der Waals surface area contributed by atoms with Crippen LogP contribution in [-0.2, 0) is 16.2 Å². The average molecular weight is 755 g/mol. The molecular weight excluding hydrogens is 707 g/mol. The zero-order valence-corrected chi connectivity index (χ0v) is 34.8. The molecule has 0 amide bonds. The van der Waals surface area contributed by atoms with Gasteiger partial charge in [0.2, 0.25) is 0 Å². The molecule has 0 fully saturated rings. The van der Waals surface area contributed by atoms with Crippen molar-refractivity contribution >= 4 is 66.8 Å². The van der Waals surface area contributed by atoms with Crippen LogP contribution in [0.25, 0.3) is 71.8 Å². The van der Waals surface area contributed by atoms with Crippen LogP contribution in [0.1, 0.15) is 79.0 Å². The van der Waals surface area contributed by atoms with Crippen molar-refractivity contribution in [2.24, 2.45) is 0 Å².